The molecule has 3 nitrogen and oxygen atoms in total. The van der Waals surface area contributed by atoms with Crippen LogP contribution in [0.2, 0.25) is 0 Å². The topological polar surface area (TPSA) is 63.3 Å². The molecule has 1 rings (SSSR count). The summed E-state index contributed by atoms with van der Waals surface area (Å²) in [6.45, 7) is 5.72. The molecule has 1 aromatic carbocycles. The zero-order chi connectivity index (χ0) is 13.8. The molecule has 1 atom stereocenters. The third kappa shape index (κ3) is 4.49. The van der Waals surface area contributed by atoms with Gasteiger partial charge in [-0.05, 0) is 44.2 Å². The molecule has 0 aliphatic rings. The highest BCUT2D eigenvalue weighted by Crippen LogP contribution is 2.26. The van der Waals surface area contributed by atoms with Crippen LogP contribution in [0.15, 0.2) is 24.3 Å². The number of hydrogen-bond donors (Lipinski definition) is 2. The smallest absolute Gasteiger partial charge is 0.248 e. The minimum atomic E-state index is -0.622. The van der Waals surface area contributed by atoms with E-state index in [-0.39, 0.29) is 11.8 Å². The van der Waals surface area contributed by atoms with Crippen molar-refractivity contribution in [1.82, 2.24) is 0 Å². The van der Waals surface area contributed by atoms with E-state index in [2.05, 4.69) is 6.92 Å². The minimum absolute atomic E-state index is 0.274. The molecule has 1 amide bonds. The van der Waals surface area contributed by atoms with E-state index >= 15 is 0 Å². The van der Waals surface area contributed by atoms with Crippen molar-refractivity contribution in [2.45, 2.75) is 51.6 Å². The molecule has 0 radical (unpaired) electrons. The number of benzene rings is 1. The molecule has 0 aromatic heterocycles. The van der Waals surface area contributed by atoms with Gasteiger partial charge in [-0.2, -0.15) is 0 Å². The highest BCUT2D eigenvalue weighted by Gasteiger charge is 2.16. The monoisotopic (exact) mass is 249 g/mol. The second-order valence-electron chi connectivity index (χ2n) is 5.56. The Morgan fingerprint density at radius 2 is 2.00 bits per heavy atom. The van der Waals surface area contributed by atoms with E-state index in [1.807, 2.05) is 32.0 Å². The minimum Gasteiger partial charge on any atom is -0.390 e. The van der Waals surface area contributed by atoms with Gasteiger partial charge in [0.15, 0.2) is 0 Å². The fourth-order valence-corrected chi connectivity index (χ4v) is 2.15. The van der Waals surface area contributed by atoms with Gasteiger partial charge in [-0.3, -0.25) is 4.79 Å². The van der Waals surface area contributed by atoms with Crippen molar-refractivity contribution >= 4 is 5.91 Å². The van der Waals surface area contributed by atoms with Crippen LogP contribution in [-0.4, -0.2) is 16.6 Å². The molecule has 1 unspecified atom stereocenters. The van der Waals surface area contributed by atoms with Gasteiger partial charge in [0.1, 0.15) is 0 Å². The van der Waals surface area contributed by atoms with Crippen LogP contribution in [0.5, 0.6) is 0 Å². The number of primary amides is 1. The first-order chi connectivity index (χ1) is 8.31. The van der Waals surface area contributed by atoms with Crippen LogP contribution in [0.4, 0.5) is 0 Å². The summed E-state index contributed by atoms with van der Waals surface area (Å²) in [6, 6.07) is 7.47. The Bertz CT molecular complexity index is 407. The molecule has 0 aliphatic carbocycles. The Morgan fingerprint density at radius 1 is 1.39 bits per heavy atom. The largest absolute Gasteiger partial charge is 0.390 e. The molecule has 3 N–H and O–H groups in total. The molecule has 0 bridgehead atoms. The maximum absolute atomic E-state index is 11.3. The molecule has 0 fully saturated rings. The second-order valence-corrected chi connectivity index (χ2v) is 5.56. The Morgan fingerprint density at radius 3 is 2.56 bits per heavy atom. The zero-order valence-corrected chi connectivity index (χ0v) is 11.4. The van der Waals surface area contributed by atoms with E-state index in [9.17, 15) is 9.90 Å². The van der Waals surface area contributed by atoms with Crippen LogP contribution in [0.1, 0.15) is 61.9 Å². The van der Waals surface area contributed by atoms with Gasteiger partial charge in [0.2, 0.25) is 5.91 Å². The summed E-state index contributed by atoms with van der Waals surface area (Å²) in [5.74, 6) is -0.101. The van der Waals surface area contributed by atoms with Crippen LogP contribution in [0.25, 0.3) is 0 Å². The molecule has 18 heavy (non-hydrogen) atoms. The van der Waals surface area contributed by atoms with Crippen molar-refractivity contribution < 1.29 is 9.90 Å². The predicted molar refractivity (Wildman–Crippen MR) is 73.5 cm³/mol. The summed E-state index contributed by atoms with van der Waals surface area (Å²) in [5.41, 5.74) is 6.35. The summed E-state index contributed by atoms with van der Waals surface area (Å²) >= 11 is 0. The van der Waals surface area contributed by atoms with E-state index in [1.165, 1.54) is 0 Å². The van der Waals surface area contributed by atoms with Crippen LogP contribution < -0.4 is 5.73 Å². The molecular weight excluding hydrogens is 226 g/mol. The fourth-order valence-electron chi connectivity index (χ4n) is 2.15. The van der Waals surface area contributed by atoms with Gasteiger partial charge in [0.25, 0.3) is 0 Å². The first-order valence-electron chi connectivity index (χ1n) is 6.42. The number of rotatable bonds is 6. The van der Waals surface area contributed by atoms with Gasteiger partial charge in [0, 0.05) is 5.56 Å². The lowest BCUT2D eigenvalue weighted by Crippen LogP contribution is -2.18. The third-order valence-electron chi connectivity index (χ3n) is 3.18. The lowest BCUT2D eigenvalue weighted by Gasteiger charge is -2.19. The highest BCUT2D eigenvalue weighted by molar-refractivity contribution is 5.94. The van der Waals surface area contributed by atoms with E-state index in [1.54, 1.807) is 6.07 Å². The van der Waals surface area contributed by atoms with Crippen molar-refractivity contribution in [2.24, 2.45) is 5.73 Å². The lowest BCUT2D eigenvalue weighted by molar-refractivity contribution is 0.0677. The van der Waals surface area contributed by atoms with Gasteiger partial charge in [-0.15, -0.1) is 0 Å². The Kier molecular flexibility index (Phi) is 4.91. The normalized spacial score (nSPS) is 13.3. The standard InChI is InChI=1S/C15H23NO2/c1-11(7-6-10-15(2,3)18)12-8-4-5-9-13(12)14(16)17/h4-5,8-9,11,18H,6-7,10H2,1-3H3,(H2,16,17). The number of amides is 1. The maximum Gasteiger partial charge on any atom is 0.248 e. The van der Waals surface area contributed by atoms with E-state index < -0.39 is 5.60 Å². The molecule has 0 aliphatic heterocycles. The van der Waals surface area contributed by atoms with Crippen molar-refractivity contribution in [3.8, 4) is 0 Å². The second kappa shape index (κ2) is 6.01. The third-order valence-corrected chi connectivity index (χ3v) is 3.18. The Labute approximate surface area is 109 Å². The van der Waals surface area contributed by atoms with Gasteiger partial charge in [-0.1, -0.05) is 31.5 Å². The van der Waals surface area contributed by atoms with Gasteiger partial charge in [0.05, 0.1) is 5.60 Å². The summed E-state index contributed by atoms with van der Waals surface area (Å²) in [5, 5.41) is 9.67. The van der Waals surface area contributed by atoms with Crippen LogP contribution >= 0.6 is 0 Å². The van der Waals surface area contributed by atoms with Gasteiger partial charge in [-0.25, -0.2) is 0 Å². The number of hydrogen-bond acceptors (Lipinski definition) is 2. The summed E-state index contributed by atoms with van der Waals surface area (Å²) < 4.78 is 0. The summed E-state index contributed by atoms with van der Waals surface area (Å²) in [4.78, 5) is 11.3. The Hall–Kier alpha value is -1.35. The number of nitrogens with two attached hydrogens (primary N) is 1. The van der Waals surface area contributed by atoms with Crippen molar-refractivity contribution in [3.05, 3.63) is 35.4 Å². The maximum atomic E-state index is 11.3. The quantitative estimate of drug-likeness (QED) is 0.814. The predicted octanol–water partition coefficient (Wildman–Crippen LogP) is 2.83. The molecular formula is C15H23NO2. The number of carbonyl (C=O) groups is 1. The summed E-state index contributed by atoms with van der Waals surface area (Å²) in [7, 11) is 0. The zero-order valence-electron chi connectivity index (χ0n) is 11.4. The van der Waals surface area contributed by atoms with E-state index in [4.69, 9.17) is 5.73 Å². The van der Waals surface area contributed by atoms with Crippen LogP contribution in [-0.2, 0) is 0 Å². The SMILES string of the molecule is CC(CCCC(C)(C)O)c1ccccc1C(N)=O. The molecule has 0 spiro atoms. The van der Waals surface area contributed by atoms with Crippen molar-refractivity contribution in [1.29, 1.82) is 0 Å². The highest BCUT2D eigenvalue weighted by atomic mass is 16.3. The summed E-state index contributed by atoms with van der Waals surface area (Å²) in [6.07, 6.45) is 2.63. The molecule has 0 saturated heterocycles. The average molecular weight is 249 g/mol. The van der Waals surface area contributed by atoms with Crippen molar-refractivity contribution in [2.75, 3.05) is 0 Å². The van der Waals surface area contributed by atoms with Gasteiger partial charge >= 0.3 is 0 Å². The first kappa shape index (κ1) is 14.7. The number of aliphatic hydroxyl groups is 1. The first-order valence-corrected chi connectivity index (χ1v) is 6.42. The molecule has 3 heteroatoms. The lowest BCUT2D eigenvalue weighted by atomic mass is 9.89. The van der Waals surface area contributed by atoms with Crippen LogP contribution in [0.3, 0.4) is 0 Å². The van der Waals surface area contributed by atoms with Crippen LogP contribution in [0, 0.1) is 0 Å². The Balaban J connectivity index is 2.67. The number of carbonyl (C=O) groups excluding carboxylic acids is 1. The van der Waals surface area contributed by atoms with Gasteiger partial charge < -0.3 is 10.8 Å². The molecule has 1 aromatic rings. The molecule has 0 saturated carbocycles. The molecule has 0 heterocycles. The van der Waals surface area contributed by atoms with E-state index in [0.717, 1.165) is 24.8 Å². The van der Waals surface area contributed by atoms with Crippen molar-refractivity contribution in [3.63, 3.8) is 0 Å². The average Bonchev–Trinajstić information content (AvgIpc) is 2.27. The molecule has 100 valence electrons. The van der Waals surface area contributed by atoms with E-state index in [0.29, 0.717) is 5.56 Å². The fraction of sp³-hybridized carbons (Fsp3) is 0.533.